The summed E-state index contributed by atoms with van der Waals surface area (Å²) in [6.45, 7) is 2.28. The summed E-state index contributed by atoms with van der Waals surface area (Å²) in [5.41, 5.74) is 4.33. The molecular formula is C25H33BOS. The van der Waals surface area contributed by atoms with E-state index in [0.29, 0.717) is 0 Å². The number of rotatable bonds is 6. The summed E-state index contributed by atoms with van der Waals surface area (Å²) in [7, 11) is -1.42. The Morgan fingerprint density at radius 1 is 0.643 bits per heavy atom. The summed E-state index contributed by atoms with van der Waals surface area (Å²) in [6.07, 6.45) is 7.87. The number of benzene rings is 3. The van der Waals surface area contributed by atoms with Crippen molar-refractivity contribution in [2.45, 2.75) is 26.1 Å². The molecule has 3 heteroatoms. The van der Waals surface area contributed by atoms with Crippen LogP contribution in [0.25, 0.3) is 0 Å². The van der Waals surface area contributed by atoms with Gasteiger partial charge in [-0.2, -0.15) is 22.7 Å². The highest BCUT2D eigenvalue weighted by Crippen LogP contribution is 2.16. The van der Waals surface area contributed by atoms with Crippen LogP contribution in [-0.4, -0.2) is 24.9 Å². The first-order valence-corrected chi connectivity index (χ1v) is 12.9. The van der Waals surface area contributed by atoms with Crippen molar-refractivity contribution in [1.82, 2.24) is 0 Å². The number of hydrogen-bond acceptors (Lipinski definition) is 1. The molecule has 0 saturated carbocycles. The van der Waals surface area contributed by atoms with E-state index in [2.05, 4.69) is 97.9 Å². The molecule has 148 valence electrons. The quantitative estimate of drug-likeness (QED) is 0.451. The van der Waals surface area contributed by atoms with E-state index in [1.54, 1.807) is 18.8 Å². The third kappa shape index (κ3) is 6.20. The number of hydrogen-bond donors (Lipinski definition) is 0. The summed E-state index contributed by atoms with van der Waals surface area (Å²) >= 11 is 0. The van der Waals surface area contributed by atoms with Gasteiger partial charge in [0.1, 0.15) is 18.8 Å². The molecule has 0 saturated heterocycles. The van der Waals surface area contributed by atoms with Gasteiger partial charge in [0.15, 0.2) is 0 Å². The van der Waals surface area contributed by atoms with Gasteiger partial charge in [-0.05, 0) is 0 Å². The molecule has 28 heavy (non-hydrogen) atoms. The van der Waals surface area contributed by atoms with Crippen LogP contribution in [0, 0.1) is 0 Å². The summed E-state index contributed by atoms with van der Waals surface area (Å²) in [4.78, 5) is 0. The molecular weight excluding hydrogens is 359 g/mol. The summed E-state index contributed by atoms with van der Waals surface area (Å²) < 4.78 is 10.2. The van der Waals surface area contributed by atoms with Gasteiger partial charge < -0.3 is 0 Å². The van der Waals surface area contributed by atoms with Gasteiger partial charge in [-0.3, -0.25) is 0 Å². The Morgan fingerprint density at radius 2 is 0.929 bits per heavy atom. The second-order valence-electron chi connectivity index (χ2n) is 8.14. The van der Waals surface area contributed by atoms with Crippen LogP contribution in [0.5, 0.6) is 0 Å². The third-order valence-electron chi connectivity index (χ3n) is 5.10. The van der Waals surface area contributed by atoms with Crippen LogP contribution in [0.3, 0.4) is 0 Å². The maximum absolute atomic E-state index is 10.2. The molecule has 1 nitrogen and oxygen atoms in total. The molecule has 0 spiro atoms. The van der Waals surface area contributed by atoms with Crippen molar-refractivity contribution in [2.24, 2.45) is 0 Å². The average Bonchev–Trinajstić information content (AvgIpc) is 2.70. The molecule has 3 aromatic rings. The van der Waals surface area contributed by atoms with Crippen LogP contribution in [0.15, 0.2) is 91.0 Å². The molecule has 0 aliphatic rings. The molecule has 0 heterocycles. The van der Waals surface area contributed by atoms with Crippen LogP contribution in [-0.2, 0) is 14.1 Å². The molecule has 0 aliphatic carbocycles. The Kier molecular flexibility index (Phi) is 8.26. The smallest absolute Gasteiger partial charge is 0.101 e. The van der Waals surface area contributed by atoms with Crippen molar-refractivity contribution in [3.8, 4) is 0 Å². The van der Waals surface area contributed by atoms with E-state index in [1.165, 1.54) is 35.6 Å². The fourth-order valence-corrected chi connectivity index (χ4v) is 3.93. The Bertz CT molecular complexity index is 752. The molecule has 0 radical (unpaired) electrons. The lowest BCUT2D eigenvalue weighted by Gasteiger charge is -2.43. The van der Waals surface area contributed by atoms with E-state index >= 15 is 0 Å². The van der Waals surface area contributed by atoms with Crippen LogP contribution in [0.1, 0.15) is 19.8 Å². The third-order valence-corrected chi connectivity index (χ3v) is 5.10. The van der Waals surface area contributed by atoms with E-state index in [4.69, 9.17) is 0 Å². The van der Waals surface area contributed by atoms with Gasteiger partial charge >= 0.3 is 0 Å². The molecule has 0 aliphatic heterocycles. The van der Waals surface area contributed by atoms with Gasteiger partial charge in [0.2, 0.25) is 0 Å². The van der Waals surface area contributed by atoms with Crippen molar-refractivity contribution >= 4 is 32.5 Å². The fourth-order valence-electron chi connectivity index (χ4n) is 3.93. The highest BCUT2D eigenvalue weighted by atomic mass is 32.2. The first-order valence-electron chi connectivity index (χ1n) is 10.1. The first kappa shape index (κ1) is 22.2. The molecule has 0 amide bonds. The maximum Gasteiger partial charge on any atom is 0.101 e. The molecule has 0 bridgehead atoms. The van der Waals surface area contributed by atoms with Gasteiger partial charge in [0.25, 0.3) is 0 Å². The van der Waals surface area contributed by atoms with Crippen LogP contribution >= 0.6 is 0 Å². The molecule has 3 rings (SSSR count). The van der Waals surface area contributed by atoms with E-state index < -0.39 is 16.1 Å². The summed E-state index contributed by atoms with van der Waals surface area (Å²) in [5, 5.41) is 0. The Balaban J connectivity index is 0.000000500. The summed E-state index contributed by atoms with van der Waals surface area (Å²) in [6, 6.07) is 33.2. The first-order chi connectivity index (χ1) is 13.4. The largest absolute Gasteiger partial charge is 0.200 e. The van der Waals surface area contributed by atoms with E-state index in [9.17, 15) is 4.21 Å². The number of unbranched alkanes of at least 4 members (excludes halogenated alkanes) is 1. The van der Waals surface area contributed by atoms with E-state index in [-0.39, 0.29) is 0 Å². The monoisotopic (exact) mass is 392 g/mol. The van der Waals surface area contributed by atoms with Gasteiger partial charge in [-0.15, -0.1) is 4.21 Å². The van der Waals surface area contributed by atoms with Crippen molar-refractivity contribution in [2.75, 3.05) is 18.8 Å². The minimum Gasteiger partial charge on any atom is -0.200 e. The molecule has 0 fully saturated rings. The molecule has 3 aromatic carbocycles. The zero-order valence-corrected chi connectivity index (χ0v) is 18.5. The topological polar surface area (TPSA) is 17.1 Å². The van der Waals surface area contributed by atoms with Crippen molar-refractivity contribution in [3.63, 3.8) is 0 Å². The Labute approximate surface area is 172 Å². The van der Waals surface area contributed by atoms with Crippen LogP contribution < -0.4 is 16.4 Å². The van der Waals surface area contributed by atoms with Crippen molar-refractivity contribution in [3.05, 3.63) is 91.0 Å². The highest BCUT2D eigenvalue weighted by molar-refractivity contribution is 8.00. The highest BCUT2D eigenvalue weighted by Gasteiger charge is 2.28. The average molecular weight is 392 g/mol. The summed E-state index contributed by atoms with van der Waals surface area (Å²) in [5.74, 6) is 0. The minimum atomic E-state index is -1.42. The Hall–Kier alpha value is -2.13. The fraction of sp³-hybridized carbons (Fsp3) is 0.280. The lowest BCUT2D eigenvalue weighted by Crippen LogP contribution is -2.66. The predicted molar refractivity (Wildman–Crippen MR) is 130 cm³/mol. The SMILES string of the molecule is CCCC[B-](c1ccccc1)(c1ccccc1)c1ccccc1.C[S+](C)(C)=O. The van der Waals surface area contributed by atoms with Crippen LogP contribution in [0.4, 0.5) is 0 Å². The molecule has 0 N–H and O–H groups in total. The normalized spacial score (nSPS) is 11.4. The standard InChI is InChI=1S/C22H24B.C3H9OS/c1-2-3-19-23(20-13-7-4-8-14-20,21-15-9-5-10-16-21)22-17-11-6-12-18-22;1-5(2,3)4/h4-18H,2-3,19H2,1H3;1-3H3/q-1;+1. The van der Waals surface area contributed by atoms with Gasteiger partial charge in [0, 0.05) is 0 Å². The predicted octanol–water partition coefficient (Wildman–Crippen LogP) is 4.33. The van der Waals surface area contributed by atoms with Crippen molar-refractivity contribution < 1.29 is 4.21 Å². The van der Waals surface area contributed by atoms with E-state index in [1.807, 2.05) is 0 Å². The second kappa shape index (κ2) is 10.4. The van der Waals surface area contributed by atoms with Gasteiger partial charge in [-0.1, -0.05) is 111 Å². The molecule has 0 unspecified atom stereocenters. The van der Waals surface area contributed by atoms with Crippen molar-refractivity contribution in [1.29, 1.82) is 0 Å². The molecule has 0 atom stereocenters. The minimum absolute atomic E-state index is 0.913. The molecule has 0 aromatic heterocycles. The van der Waals surface area contributed by atoms with Gasteiger partial charge in [-0.25, -0.2) is 0 Å². The lowest BCUT2D eigenvalue weighted by molar-refractivity contribution is 0.594. The van der Waals surface area contributed by atoms with E-state index in [0.717, 1.165) is 0 Å². The zero-order chi connectivity index (χ0) is 20.5. The van der Waals surface area contributed by atoms with Crippen LogP contribution in [0.2, 0.25) is 6.32 Å². The second-order valence-corrected chi connectivity index (χ2v) is 11.6. The maximum atomic E-state index is 10.2. The zero-order valence-electron chi connectivity index (χ0n) is 17.7. The van der Waals surface area contributed by atoms with Gasteiger partial charge in [0.05, 0.1) is 16.1 Å². The lowest BCUT2D eigenvalue weighted by atomic mass is 9.14. The Morgan fingerprint density at radius 3 is 1.18 bits per heavy atom.